The van der Waals surface area contributed by atoms with Crippen molar-refractivity contribution in [3.8, 4) is 0 Å². The summed E-state index contributed by atoms with van der Waals surface area (Å²) in [6, 6.07) is 0. The summed E-state index contributed by atoms with van der Waals surface area (Å²) in [5, 5.41) is -0.364. The first-order chi connectivity index (χ1) is 10.1. The van der Waals surface area contributed by atoms with Crippen LogP contribution in [0.15, 0.2) is 28.7 Å². The van der Waals surface area contributed by atoms with Crippen LogP contribution < -0.4 is 11.4 Å². The zero-order valence-corrected chi connectivity index (χ0v) is 11.2. The summed E-state index contributed by atoms with van der Waals surface area (Å²) in [4.78, 5) is 29.8. The maximum absolute atomic E-state index is 12.0. The topological polar surface area (TPSA) is 153 Å². The number of imidazole rings is 1. The fourth-order valence-corrected chi connectivity index (χ4v) is 2.19. The van der Waals surface area contributed by atoms with Crippen LogP contribution in [-0.2, 0) is 17.6 Å². The van der Waals surface area contributed by atoms with Crippen LogP contribution in [0.25, 0.3) is 11.2 Å². The molecule has 3 aromatic rings. The van der Waals surface area contributed by atoms with E-state index in [0.29, 0.717) is 5.56 Å². The standard InChI is InChI=1S/C10H9N7O3S/c11-7-6-8(16-9(15-7)21(19)20)17(10(18)14-6)3-5-1-12-4-13-2-5/h1-2,4H,3H2,(H,14,18)(H,19,20)(H2,11,15,16). The molecule has 1 unspecified atom stereocenters. The SMILES string of the molecule is Nc1nc(S(=O)O)nc2c1[nH]c(=O)n2Cc1cncnc1. The molecule has 3 heterocycles. The van der Waals surface area contributed by atoms with E-state index in [1.54, 1.807) is 12.4 Å². The highest BCUT2D eigenvalue weighted by Gasteiger charge is 2.16. The fourth-order valence-electron chi connectivity index (χ4n) is 1.85. The van der Waals surface area contributed by atoms with Crippen molar-refractivity contribution in [1.29, 1.82) is 0 Å². The van der Waals surface area contributed by atoms with Crippen molar-refractivity contribution in [2.45, 2.75) is 11.7 Å². The number of nitrogen functional groups attached to an aromatic ring is 1. The van der Waals surface area contributed by atoms with Crippen molar-refractivity contribution in [3.05, 3.63) is 34.8 Å². The molecule has 0 radical (unpaired) electrons. The summed E-state index contributed by atoms with van der Waals surface area (Å²) < 4.78 is 21.4. The maximum atomic E-state index is 12.0. The third-order valence-corrected chi connectivity index (χ3v) is 3.24. The molecule has 0 fully saturated rings. The van der Waals surface area contributed by atoms with Crippen molar-refractivity contribution in [3.63, 3.8) is 0 Å². The lowest BCUT2D eigenvalue weighted by Crippen LogP contribution is -2.18. The molecule has 10 nitrogen and oxygen atoms in total. The van der Waals surface area contributed by atoms with E-state index >= 15 is 0 Å². The number of nitrogens with two attached hydrogens (primary N) is 1. The molecular weight excluding hydrogens is 298 g/mol. The summed E-state index contributed by atoms with van der Waals surface area (Å²) in [5.74, 6) is -0.0717. The van der Waals surface area contributed by atoms with Gasteiger partial charge >= 0.3 is 5.69 Å². The van der Waals surface area contributed by atoms with Gasteiger partial charge in [-0.25, -0.2) is 19.0 Å². The molecule has 108 valence electrons. The highest BCUT2D eigenvalue weighted by Crippen LogP contribution is 2.16. The minimum Gasteiger partial charge on any atom is -0.382 e. The van der Waals surface area contributed by atoms with Crippen LogP contribution in [-0.4, -0.2) is 38.2 Å². The first kappa shape index (κ1) is 13.3. The van der Waals surface area contributed by atoms with Gasteiger partial charge in [0.2, 0.25) is 11.1 Å². The number of nitrogens with one attached hydrogen (secondary N) is 1. The molecule has 0 saturated heterocycles. The third-order valence-electron chi connectivity index (χ3n) is 2.74. The van der Waals surface area contributed by atoms with Gasteiger partial charge in [0.15, 0.2) is 11.5 Å². The highest BCUT2D eigenvalue weighted by molar-refractivity contribution is 7.79. The summed E-state index contributed by atoms with van der Waals surface area (Å²) in [7, 11) is 0. The number of hydrogen-bond acceptors (Lipinski definition) is 7. The van der Waals surface area contributed by atoms with Crippen LogP contribution in [0.5, 0.6) is 0 Å². The second kappa shape index (κ2) is 5.03. The predicted octanol–water partition coefficient (Wildman–Crippen LogP) is -0.879. The van der Waals surface area contributed by atoms with Crippen molar-refractivity contribution in [1.82, 2.24) is 29.5 Å². The fraction of sp³-hybridized carbons (Fsp3) is 0.100. The molecule has 0 aliphatic rings. The number of H-pyrrole nitrogens is 1. The summed E-state index contributed by atoms with van der Waals surface area (Å²) in [6.07, 6.45) is 4.47. The van der Waals surface area contributed by atoms with E-state index in [9.17, 15) is 9.00 Å². The van der Waals surface area contributed by atoms with Gasteiger partial charge < -0.3 is 10.7 Å². The first-order valence-corrected chi connectivity index (χ1v) is 6.77. The zero-order chi connectivity index (χ0) is 15.0. The molecular formula is C10H9N7O3S. The average Bonchev–Trinajstić information content (AvgIpc) is 2.77. The quantitative estimate of drug-likeness (QED) is 0.416. The highest BCUT2D eigenvalue weighted by atomic mass is 32.2. The molecule has 0 aliphatic heterocycles. The Balaban J connectivity index is 2.20. The van der Waals surface area contributed by atoms with E-state index in [-0.39, 0.29) is 28.7 Å². The largest absolute Gasteiger partial charge is 0.382 e. The molecule has 21 heavy (non-hydrogen) atoms. The Morgan fingerprint density at radius 3 is 2.71 bits per heavy atom. The number of rotatable bonds is 3. The van der Waals surface area contributed by atoms with E-state index in [1.165, 1.54) is 10.9 Å². The summed E-state index contributed by atoms with van der Waals surface area (Å²) in [6.45, 7) is 0.146. The second-order valence-electron chi connectivity index (χ2n) is 4.10. The van der Waals surface area contributed by atoms with E-state index in [0.717, 1.165) is 0 Å². The lowest BCUT2D eigenvalue weighted by molar-refractivity contribution is 0.555. The van der Waals surface area contributed by atoms with Gasteiger partial charge in [0, 0.05) is 18.0 Å². The van der Waals surface area contributed by atoms with Gasteiger partial charge in [0.25, 0.3) is 5.16 Å². The van der Waals surface area contributed by atoms with Crippen molar-refractivity contribution in [2.24, 2.45) is 0 Å². The Morgan fingerprint density at radius 1 is 1.33 bits per heavy atom. The van der Waals surface area contributed by atoms with Crippen LogP contribution in [0.4, 0.5) is 5.82 Å². The number of hydrogen-bond donors (Lipinski definition) is 3. The number of aromatic amines is 1. The molecule has 0 bridgehead atoms. The van der Waals surface area contributed by atoms with Gasteiger partial charge in [0.05, 0.1) is 6.54 Å². The molecule has 0 spiro atoms. The number of nitrogens with zero attached hydrogens (tertiary/aromatic N) is 5. The van der Waals surface area contributed by atoms with Gasteiger partial charge in [-0.15, -0.1) is 0 Å². The molecule has 11 heteroatoms. The monoisotopic (exact) mass is 307 g/mol. The molecule has 4 N–H and O–H groups in total. The Morgan fingerprint density at radius 2 is 2.05 bits per heavy atom. The molecule has 0 aromatic carbocycles. The average molecular weight is 307 g/mol. The predicted molar refractivity (Wildman–Crippen MR) is 72.7 cm³/mol. The molecule has 0 amide bonds. The molecule has 3 rings (SSSR count). The summed E-state index contributed by atoms with van der Waals surface area (Å²) in [5.41, 5.74) is 6.23. The zero-order valence-electron chi connectivity index (χ0n) is 10.4. The van der Waals surface area contributed by atoms with Gasteiger partial charge in [-0.2, -0.15) is 9.97 Å². The van der Waals surface area contributed by atoms with Crippen LogP contribution in [0.2, 0.25) is 0 Å². The van der Waals surface area contributed by atoms with Crippen molar-refractivity contribution >= 4 is 28.1 Å². The Hall–Kier alpha value is -2.66. The Labute approximate surface area is 119 Å². The van der Waals surface area contributed by atoms with E-state index < -0.39 is 16.8 Å². The Bertz CT molecular complexity index is 889. The van der Waals surface area contributed by atoms with Crippen LogP contribution in [0, 0.1) is 0 Å². The first-order valence-electron chi connectivity index (χ1n) is 5.67. The summed E-state index contributed by atoms with van der Waals surface area (Å²) >= 11 is -2.40. The molecule has 3 aromatic heterocycles. The lowest BCUT2D eigenvalue weighted by Gasteiger charge is -2.03. The second-order valence-corrected chi connectivity index (χ2v) is 4.97. The third kappa shape index (κ3) is 2.39. The van der Waals surface area contributed by atoms with Crippen LogP contribution in [0.3, 0.4) is 0 Å². The van der Waals surface area contributed by atoms with Crippen molar-refractivity contribution < 1.29 is 8.76 Å². The van der Waals surface area contributed by atoms with E-state index in [4.69, 9.17) is 10.3 Å². The minimum atomic E-state index is -2.40. The van der Waals surface area contributed by atoms with Crippen LogP contribution in [0.1, 0.15) is 5.56 Å². The van der Waals surface area contributed by atoms with Gasteiger partial charge in [-0.1, -0.05) is 0 Å². The van der Waals surface area contributed by atoms with Crippen LogP contribution >= 0.6 is 0 Å². The maximum Gasteiger partial charge on any atom is 0.328 e. The van der Waals surface area contributed by atoms with Crippen molar-refractivity contribution in [2.75, 3.05) is 5.73 Å². The normalized spacial score (nSPS) is 12.6. The van der Waals surface area contributed by atoms with Gasteiger partial charge in [0.1, 0.15) is 11.8 Å². The number of anilines is 1. The smallest absolute Gasteiger partial charge is 0.328 e. The molecule has 0 saturated carbocycles. The number of aromatic nitrogens is 6. The van der Waals surface area contributed by atoms with Gasteiger partial charge in [-0.3, -0.25) is 9.12 Å². The van der Waals surface area contributed by atoms with E-state index in [1.807, 2.05) is 0 Å². The molecule has 1 atom stereocenters. The number of fused-ring (bicyclic) bond motifs is 1. The lowest BCUT2D eigenvalue weighted by atomic mass is 10.3. The van der Waals surface area contributed by atoms with Gasteiger partial charge in [-0.05, 0) is 0 Å². The Kier molecular flexibility index (Phi) is 3.19. The minimum absolute atomic E-state index is 0.0717. The molecule has 0 aliphatic carbocycles. The van der Waals surface area contributed by atoms with E-state index in [2.05, 4.69) is 24.9 Å².